The Balaban J connectivity index is 1.75. The largest absolute Gasteiger partial charge is 0.351 e. The lowest BCUT2D eigenvalue weighted by atomic mass is 10.1. The van der Waals surface area contributed by atoms with Crippen LogP contribution in [0, 0.1) is 6.92 Å². The van der Waals surface area contributed by atoms with Gasteiger partial charge in [-0.3, -0.25) is 14.7 Å². The van der Waals surface area contributed by atoms with E-state index in [4.69, 9.17) is 0 Å². The zero-order valence-electron chi connectivity index (χ0n) is 12.6. The smallest absolute Gasteiger partial charge is 0.234 e. The van der Waals surface area contributed by atoms with E-state index < -0.39 is 0 Å². The minimum atomic E-state index is 0.0978. The van der Waals surface area contributed by atoms with Crippen LogP contribution < -0.4 is 5.32 Å². The minimum absolute atomic E-state index is 0.0978. The van der Waals surface area contributed by atoms with Crippen LogP contribution in [0.2, 0.25) is 0 Å². The van der Waals surface area contributed by atoms with Crippen molar-refractivity contribution in [2.45, 2.75) is 25.9 Å². The summed E-state index contributed by atoms with van der Waals surface area (Å²) in [5.41, 5.74) is 2.24. The minimum Gasteiger partial charge on any atom is -0.351 e. The molecular formula is C15H24N4O. The Morgan fingerprint density at radius 1 is 1.55 bits per heavy atom. The monoisotopic (exact) mass is 276 g/mol. The molecule has 0 aromatic carbocycles. The Hall–Kier alpha value is -1.46. The number of likely N-dealkylation sites (tertiary alicyclic amines) is 1. The summed E-state index contributed by atoms with van der Waals surface area (Å²) < 4.78 is 0. The Morgan fingerprint density at radius 2 is 2.35 bits per heavy atom. The molecule has 0 bridgehead atoms. The molecule has 1 amide bonds. The fraction of sp³-hybridized carbons (Fsp3) is 0.600. The topological polar surface area (TPSA) is 48.5 Å². The molecule has 1 fully saturated rings. The fourth-order valence-corrected chi connectivity index (χ4v) is 2.53. The Kier molecular flexibility index (Phi) is 5.09. The summed E-state index contributed by atoms with van der Waals surface area (Å²) in [6.07, 6.45) is 4.73. The van der Waals surface area contributed by atoms with Crippen LogP contribution >= 0.6 is 0 Å². The molecule has 1 unspecified atom stereocenters. The number of carbonyl (C=O) groups excluding carboxylic acids is 1. The summed E-state index contributed by atoms with van der Waals surface area (Å²) in [5, 5.41) is 2.99. The maximum absolute atomic E-state index is 12.0. The van der Waals surface area contributed by atoms with Crippen molar-refractivity contribution in [3.05, 3.63) is 29.6 Å². The number of aryl methyl sites for hydroxylation is 1. The van der Waals surface area contributed by atoms with Crippen molar-refractivity contribution in [2.75, 3.05) is 33.7 Å². The van der Waals surface area contributed by atoms with Crippen molar-refractivity contribution in [1.29, 1.82) is 0 Å². The highest BCUT2D eigenvalue weighted by Gasteiger charge is 2.25. The van der Waals surface area contributed by atoms with Crippen LogP contribution in [0.15, 0.2) is 18.5 Å². The normalized spacial score (nSPS) is 19.5. The Morgan fingerprint density at radius 3 is 3.00 bits per heavy atom. The molecule has 0 saturated carbocycles. The van der Waals surface area contributed by atoms with Crippen LogP contribution in [0.1, 0.15) is 17.5 Å². The van der Waals surface area contributed by atoms with E-state index in [0.717, 1.165) is 30.6 Å². The van der Waals surface area contributed by atoms with Crippen molar-refractivity contribution in [3.8, 4) is 0 Å². The second-order valence-electron chi connectivity index (χ2n) is 5.72. The highest BCUT2D eigenvalue weighted by atomic mass is 16.2. The summed E-state index contributed by atoms with van der Waals surface area (Å²) in [7, 11) is 4.20. The number of hydrogen-bond acceptors (Lipinski definition) is 4. The number of hydrogen-bond donors (Lipinski definition) is 1. The number of nitrogens with zero attached hydrogens (tertiary/aromatic N) is 3. The van der Waals surface area contributed by atoms with E-state index in [-0.39, 0.29) is 5.91 Å². The van der Waals surface area contributed by atoms with Gasteiger partial charge in [-0.25, -0.2) is 0 Å². The summed E-state index contributed by atoms with van der Waals surface area (Å²) in [5.74, 6) is 0.0978. The van der Waals surface area contributed by atoms with Crippen LogP contribution in [0.25, 0.3) is 0 Å². The van der Waals surface area contributed by atoms with Gasteiger partial charge < -0.3 is 10.2 Å². The number of likely N-dealkylation sites (N-methyl/N-ethyl adjacent to an activating group) is 1. The molecule has 1 aromatic rings. The van der Waals surface area contributed by atoms with Crippen LogP contribution in [-0.2, 0) is 11.3 Å². The molecule has 20 heavy (non-hydrogen) atoms. The molecule has 110 valence electrons. The van der Waals surface area contributed by atoms with Gasteiger partial charge >= 0.3 is 0 Å². The molecule has 1 aliphatic heterocycles. The molecule has 5 nitrogen and oxygen atoms in total. The summed E-state index contributed by atoms with van der Waals surface area (Å²) in [6, 6.07) is 2.53. The van der Waals surface area contributed by atoms with Gasteiger partial charge in [-0.2, -0.15) is 0 Å². The maximum Gasteiger partial charge on any atom is 0.234 e. The van der Waals surface area contributed by atoms with E-state index in [2.05, 4.69) is 34.2 Å². The number of amides is 1. The molecule has 1 aliphatic rings. The van der Waals surface area contributed by atoms with Gasteiger partial charge in [0.15, 0.2) is 0 Å². The first-order valence-corrected chi connectivity index (χ1v) is 7.11. The highest BCUT2D eigenvalue weighted by Crippen LogP contribution is 2.12. The van der Waals surface area contributed by atoms with Crippen LogP contribution in [-0.4, -0.2) is 60.5 Å². The third-order valence-corrected chi connectivity index (χ3v) is 3.96. The van der Waals surface area contributed by atoms with Gasteiger partial charge in [0.1, 0.15) is 0 Å². The Labute approximate surface area is 121 Å². The molecule has 2 heterocycles. The van der Waals surface area contributed by atoms with Crippen LogP contribution in [0.4, 0.5) is 0 Å². The summed E-state index contributed by atoms with van der Waals surface area (Å²) >= 11 is 0. The molecule has 0 aliphatic carbocycles. The summed E-state index contributed by atoms with van der Waals surface area (Å²) in [6.45, 7) is 5.07. The Bertz CT molecular complexity index is 461. The molecule has 1 atom stereocenters. The first kappa shape index (κ1) is 14.9. The highest BCUT2D eigenvalue weighted by molar-refractivity contribution is 5.78. The van der Waals surface area contributed by atoms with Gasteiger partial charge in [0.2, 0.25) is 5.91 Å². The van der Waals surface area contributed by atoms with Crippen molar-refractivity contribution in [2.24, 2.45) is 0 Å². The van der Waals surface area contributed by atoms with Crippen molar-refractivity contribution in [3.63, 3.8) is 0 Å². The third-order valence-electron chi connectivity index (χ3n) is 3.96. The quantitative estimate of drug-likeness (QED) is 0.857. The van der Waals surface area contributed by atoms with Crippen molar-refractivity contribution in [1.82, 2.24) is 20.1 Å². The van der Waals surface area contributed by atoms with Gasteiger partial charge in [-0.05, 0) is 44.6 Å². The number of carbonyl (C=O) groups is 1. The lowest BCUT2D eigenvalue weighted by Crippen LogP contribution is -2.38. The van der Waals surface area contributed by atoms with E-state index in [0.29, 0.717) is 19.1 Å². The zero-order chi connectivity index (χ0) is 14.5. The average molecular weight is 276 g/mol. The first-order valence-electron chi connectivity index (χ1n) is 7.11. The van der Waals surface area contributed by atoms with E-state index in [1.54, 1.807) is 6.20 Å². The number of pyridine rings is 1. The molecule has 2 rings (SSSR count). The number of aromatic nitrogens is 1. The van der Waals surface area contributed by atoms with Gasteiger partial charge in [0.05, 0.1) is 6.54 Å². The standard InChI is InChI=1S/C15H24N4O/c1-12-8-16-6-4-13(12)9-17-15(20)11-19-7-5-14(10-19)18(2)3/h4,6,8,14H,5,7,9-11H2,1-3H3,(H,17,20). The van der Waals surface area contributed by atoms with Crippen molar-refractivity contribution < 1.29 is 4.79 Å². The molecule has 0 radical (unpaired) electrons. The summed E-state index contributed by atoms with van der Waals surface area (Å²) in [4.78, 5) is 20.5. The predicted molar refractivity (Wildman–Crippen MR) is 79.4 cm³/mol. The third kappa shape index (κ3) is 4.02. The van der Waals surface area contributed by atoms with Crippen LogP contribution in [0.3, 0.4) is 0 Å². The van der Waals surface area contributed by atoms with E-state index in [1.165, 1.54) is 0 Å². The first-order chi connectivity index (χ1) is 9.56. The van der Waals surface area contributed by atoms with E-state index in [9.17, 15) is 4.79 Å². The molecular weight excluding hydrogens is 252 g/mol. The van der Waals surface area contributed by atoms with E-state index >= 15 is 0 Å². The lowest BCUT2D eigenvalue weighted by Gasteiger charge is -2.20. The van der Waals surface area contributed by atoms with E-state index in [1.807, 2.05) is 19.2 Å². The zero-order valence-corrected chi connectivity index (χ0v) is 12.6. The molecule has 1 N–H and O–H groups in total. The fourth-order valence-electron chi connectivity index (χ4n) is 2.53. The average Bonchev–Trinajstić information content (AvgIpc) is 2.86. The van der Waals surface area contributed by atoms with Gasteiger partial charge in [0, 0.05) is 38.1 Å². The van der Waals surface area contributed by atoms with Crippen molar-refractivity contribution >= 4 is 5.91 Å². The number of nitrogens with one attached hydrogen (secondary N) is 1. The molecule has 1 saturated heterocycles. The maximum atomic E-state index is 12.0. The second-order valence-corrected chi connectivity index (χ2v) is 5.72. The van der Waals surface area contributed by atoms with Gasteiger partial charge in [-0.1, -0.05) is 0 Å². The molecule has 1 aromatic heterocycles. The number of rotatable bonds is 5. The molecule has 0 spiro atoms. The second kappa shape index (κ2) is 6.81. The van der Waals surface area contributed by atoms with Gasteiger partial charge in [0.25, 0.3) is 0 Å². The lowest BCUT2D eigenvalue weighted by molar-refractivity contribution is -0.122. The van der Waals surface area contributed by atoms with Gasteiger partial charge in [-0.15, -0.1) is 0 Å². The SMILES string of the molecule is Cc1cnccc1CNC(=O)CN1CCC(N(C)C)C1. The predicted octanol–water partition coefficient (Wildman–Crippen LogP) is 0.642. The van der Waals surface area contributed by atoms with Crippen LogP contribution in [0.5, 0.6) is 0 Å². The molecule has 5 heteroatoms.